The monoisotopic (exact) mass is 528 g/mol. The molecular formula is C22H14BrFN4O2S2. The Kier molecular flexibility index (Phi) is 5.36. The lowest BCUT2D eigenvalue weighted by atomic mass is 10.2. The van der Waals surface area contributed by atoms with Gasteiger partial charge in [-0.2, -0.15) is 0 Å². The standard InChI is InChI=1S/C22H14BrFN4O2S2/c1-11-17-20(25-10-28(21(17)30)9-12-4-2-3-5-14(12)24)32-18(11)19(29)27-22-26-15-7-6-13(23)8-16(15)31-22/h2-8,10H,9H2,1H3,(H,26,27,29). The second-order valence-electron chi connectivity index (χ2n) is 7.09. The van der Waals surface area contributed by atoms with Gasteiger partial charge in [-0.15, -0.1) is 11.3 Å². The minimum atomic E-state index is -0.385. The van der Waals surface area contributed by atoms with Gasteiger partial charge in [-0.05, 0) is 36.8 Å². The maximum atomic E-state index is 14.0. The highest BCUT2D eigenvalue weighted by atomic mass is 79.9. The number of aromatic nitrogens is 3. The van der Waals surface area contributed by atoms with E-state index in [0.29, 0.717) is 31.4 Å². The molecule has 0 atom stereocenters. The van der Waals surface area contributed by atoms with E-state index >= 15 is 0 Å². The van der Waals surface area contributed by atoms with Crippen LogP contribution in [0.5, 0.6) is 0 Å². The van der Waals surface area contributed by atoms with Crippen molar-refractivity contribution < 1.29 is 9.18 Å². The summed E-state index contributed by atoms with van der Waals surface area (Å²) < 4.78 is 17.3. The van der Waals surface area contributed by atoms with Crippen LogP contribution in [0.15, 0.2) is 58.1 Å². The minimum absolute atomic E-state index is 0.0620. The van der Waals surface area contributed by atoms with Crippen molar-refractivity contribution in [3.63, 3.8) is 0 Å². The molecule has 0 spiro atoms. The summed E-state index contributed by atoms with van der Waals surface area (Å²) in [4.78, 5) is 35.7. The molecule has 3 aromatic heterocycles. The van der Waals surface area contributed by atoms with Gasteiger partial charge in [0.2, 0.25) is 0 Å². The molecule has 2 aromatic carbocycles. The van der Waals surface area contributed by atoms with Gasteiger partial charge in [-0.1, -0.05) is 45.5 Å². The number of aryl methyl sites for hydroxylation is 1. The molecular weight excluding hydrogens is 515 g/mol. The lowest BCUT2D eigenvalue weighted by molar-refractivity contribution is 0.103. The van der Waals surface area contributed by atoms with Crippen LogP contribution in [0.1, 0.15) is 20.8 Å². The molecule has 1 N–H and O–H groups in total. The second-order valence-corrected chi connectivity index (χ2v) is 10.0. The number of halogens is 2. The Labute approximate surface area is 197 Å². The summed E-state index contributed by atoms with van der Waals surface area (Å²) in [6.07, 6.45) is 1.39. The molecule has 6 nitrogen and oxygen atoms in total. The van der Waals surface area contributed by atoms with E-state index < -0.39 is 0 Å². The Hall–Kier alpha value is -2.95. The van der Waals surface area contributed by atoms with E-state index in [1.165, 1.54) is 28.3 Å². The fourth-order valence-corrected chi connectivity index (χ4v) is 5.85. The number of benzene rings is 2. The summed E-state index contributed by atoms with van der Waals surface area (Å²) in [5.74, 6) is -0.729. The molecule has 0 saturated heterocycles. The molecule has 0 saturated carbocycles. The smallest absolute Gasteiger partial charge is 0.267 e. The van der Waals surface area contributed by atoms with Gasteiger partial charge in [-0.3, -0.25) is 19.5 Å². The van der Waals surface area contributed by atoms with Crippen LogP contribution in [-0.4, -0.2) is 20.4 Å². The maximum Gasteiger partial charge on any atom is 0.267 e. The minimum Gasteiger partial charge on any atom is -0.297 e. The Bertz CT molecular complexity index is 1570. The van der Waals surface area contributed by atoms with Crippen molar-refractivity contribution in [2.75, 3.05) is 5.32 Å². The lowest BCUT2D eigenvalue weighted by Gasteiger charge is -2.06. The second kappa shape index (κ2) is 8.19. The average Bonchev–Trinajstić information content (AvgIpc) is 3.31. The van der Waals surface area contributed by atoms with Crippen LogP contribution in [0.4, 0.5) is 9.52 Å². The first-order valence-corrected chi connectivity index (χ1v) is 11.9. The van der Waals surface area contributed by atoms with Crippen LogP contribution in [0, 0.1) is 12.7 Å². The summed E-state index contributed by atoms with van der Waals surface area (Å²) >= 11 is 5.95. The molecule has 1 amide bonds. The number of hydrogen-bond acceptors (Lipinski definition) is 6. The number of thiazole rings is 1. The van der Waals surface area contributed by atoms with Crippen LogP contribution >= 0.6 is 38.6 Å². The maximum absolute atomic E-state index is 14.0. The number of amides is 1. The number of hydrogen-bond donors (Lipinski definition) is 1. The van der Waals surface area contributed by atoms with E-state index in [1.54, 1.807) is 25.1 Å². The fourth-order valence-electron chi connectivity index (χ4n) is 3.40. The number of fused-ring (bicyclic) bond motifs is 2. The Morgan fingerprint density at radius 3 is 2.84 bits per heavy atom. The van der Waals surface area contributed by atoms with E-state index in [1.807, 2.05) is 18.2 Å². The number of carbonyl (C=O) groups excluding carboxylic acids is 1. The molecule has 160 valence electrons. The molecule has 10 heteroatoms. The quantitative estimate of drug-likeness (QED) is 0.330. The third kappa shape index (κ3) is 3.74. The van der Waals surface area contributed by atoms with Gasteiger partial charge in [0.25, 0.3) is 11.5 Å². The largest absolute Gasteiger partial charge is 0.297 e. The molecule has 0 fully saturated rings. The summed E-state index contributed by atoms with van der Waals surface area (Å²) in [7, 11) is 0. The van der Waals surface area contributed by atoms with E-state index in [2.05, 4.69) is 31.2 Å². The van der Waals surface area contributed by atoms with Gasteiger partial charge < -0.3 is 0 Å². The predicted octanol–water partition coefficient (Wildman–Crippen LogP) is 5.58. The van der Waals surface area contributed by atoms with Crippen molar-refractivity contribution in [2.45, 2.75) is 13.5 Å². The average molecular weight is 529 g/mol. The van der Waals surface area contributed by atoms with Crippen LogP contribution in [-0.2, 0) is 6.54 Å². The van der Waals surface area contributed by atoms with Crippen molar-refractivity contribution in [1.82, 2.24) is 14.5 Å². The van der Waals surface area contributed by atoms with Crippen molar-refractivity contribution in [3.8, 4) is 0 Å². The number of anilines is 1. The first-order chi connectivity index (χ1) is 15.4. The SMILES string of the molecule is Cc1c(C(=O)Nc2nc3ccc(Br)cc3s2)sc2ncn(Cc3ccccc3F)c(=O)c12. The highest BCUT2D eigenvalue weighted by Crippen LogP contribution is 2.31. The highest BCUT2D eigenvalue weighted by molar-refractivity contribution is 9.10. The molecule has 0 radical (unpaired) electrons. The zero-order valence-corrected chi connectivity index (χ0v) is 19.8. The van der Waals surface area contributed by atoms with Crippen molar-refractivity contribution in [2.24, 2.45) is 0 Å². The summed E-state index contributed by atoms with van der Waals surface area (Å²) in [6.45, 7) is 1.78. The predicted molar refractivity (Wildman–Crippen MR) is 129 cm³/mol. The zero-order valence-electron chi connectivity index (χ0n) is 16.6. The van der Waals surface area contributed by atoms with Gasteiger partial charge in [0, 0.05) is 10.0 Å². The Morgan fingerprint density at radius 1 is 1.22 bits per heavy atom. The van der Waals surface area contributed by atoms with E-state index in [9.17, 15) is 14.0 Å². The van der Waals surface area contributed by atoms with Crippen molar-refractivity contribution in [1.29, 1.82) is 0 Å². The van der Waals surface area contributed by atoms with Crippen LogP contribution in [0.2, 0.25) is 0 Å². The number of rotatable bonds is 4. The molecule has 3 heterocycles. The fraction of sp³-hybridized carbons (Fsp3) is 0.0909. The number of carbonyl (C=O) groups is 1. The summed E-state index contributed by atoms with van der Waals surface area (Å²) in [5, 5.41) is 3.67. The third-order valence-electron chi connectivity index (χ3n) is 4.99. The number of nitrogens with zero attached hydrogens (tertiary/aromatic N) is 3. The van der Waals surface area contributed by atoms with Crippen LogP contribution < -0.4 is 10.9 Å². The highest BCUT2D eigenvalue weighted by Gasteiger charge is 2.21. The van der Waals surface area contributed by atoms with Gasteiger partial charge in [0.1, 0.15) is 10.6 Å². The first-order valence-electron chi connectivity index (χ1n) is 9.50. The van der Waals surface area contributed by atoms with Gasteiger partial charge >= 0.3 is 0 Å². The molecule has 32 heavy (non-hydrogen) atoms. The van der Waals surface area contributed by atoms with Crippen LogP contribution in [0.25, 0.3) is 20.4 Å². The first kappa shape index (κ1) is 20.9. The zero-order chi connectivity index (χ0) is 22.4. The Morgan fingerprint density at radius 2 is 2.03 bits per heavy atom. The number of nitrogens with one attached hydrogen (secondary N) is 1. The normalized spacial score (nSPS) is 11.3. The molecule has 0 aliphatic carbocycles. The molecule has 0 aliphatic rings. The third-order valence-corrected chi connectivity index (χ3v) is 7.62. The topological polar surface area (TPSA) is 76.9 Å². The van der Waals surface area contributed by atoms with Crippen molar-refractivity contribution in [3.05, 3.63) is 85.4 Å². The van der Waals surface area contributed by atoms with Gasteiger partial charge in [0.15, 0.2) is 5.13 Å². The summed E-state index contributed by atoms with van der Waals surface area (Å²) in [6, 6.07) is 12.0. The molecule has 5 aromatic rings. The van der Waals surface area contributed by atoms with E-state index in [4.69, 9.17) is 0 Å². The molecule has 0 aliphatic heterocycles. The summed E-state index contributed by atoms with van der Waals surface area (Å²) in [5.41, 5.74) is 1.42. The van der Waals surface area contributed by atoms with Gasteiger partial charge in [0.05, 0.1) is 33.4 Å². The van der Waals surface area contributed by atoms with Crippen LogP contribution in [0.3, 0.4) is 0 Å². The van der Waals surface area contributed by atoms with E-state index in [0.717, 1.165) is 26.0 Å². The lowest BCUT2D eigenvalue weighted by Crippen LogP contribution is -2.21. The molecule has 0 bridgehead atoms. The number of thiophene rings is 1. The van der Waals surface area contributed by atoms with Crippen molar-refractivity contribution >= 4 is 70.1 Å². The van der Waals surface area contributed by atoms with E-state index in [-0.39, 0.29) is 23.8 Å². The molecule has 5 rings (SSSR count). The molecule has 0 unspecified atom stereocenters. The Balaban J connectivity index is 1.48. The van der Waals surface area contributed by atoms with Gasteiger partial charge in [-0.25, -0.2) is 14.4 Å².